The number of methoxy groups -OCH3 is 1. The van der Waals surface area contributed by atoms with Crippen molar-refractivity contribution < 1.29 is 9.53 Å². The molecule has 29 heavy (non-hydrogen) atoms. The number of pyridine rings is 1. The number of hydrogen-bond donors (Lipinski definition) is 2. The highest BCUT2D eigenvalue weighted by molar-refractivity contribution is 5.98. The van der Waals surface area contributed by atoms with Crippen LogP contribution in [0.3, 0.4) is 0 Å². The molecule has 0 atom stereocenters. The number of ether oxygens (including phenoxy) is 1. The summed E-state index contributed by atoms with van der Waals surface area (Å²) >= 11 is 0. The highest BCUT2D eigenvalue weighted by atomic mass is 16.5. The van der Waals surface area contributed by atoms with Crippen LogP contribution in [-0.2, 0) is 17.7 Å². The number of piperidine rings is 1. The molecule has 6 nitrogen and oxygen atoms in total. The SMILES string of the molecule is COCCc1ccnc2[nH]c(C(=O)N3CCC(c4cccc(CN)c4)CC3)cc12. The van der Waals surface area contributed by atoms with Crippen LogP contribution in [0.2, 0.25) is 0 Å². The van der Waals surface area contributed by atoms with Crippen molar-refractivity contribution in [2.24, 2.45) is 5.73 Å². The molecule has 1 fully saturated rings. The second-order valence-electron chi connectivity index (χ2n) is 7.67. The van der Waals surface area contributed by atoms with Crippen molar-refractivity contribution in [2.75, 3.05) is 26.8 Å². The van der Waals surface area contributed by atoms with E-state index in [9.17, 15) is 4.79 Å². The molecular weight excluding hydrogens is 364 g/mol. The third kappa shape index (κ3) is 4.18. The molecule has 1 aliphatic rings. The predicted molar refractivity (Wildman–Crippen MR) is 114 cm³/mol. The number of amides is 1. The van der Waals surface area contributed by atoms with Crippen LogP contribution in [-0.4, -0.2) is 47.6 Å². The molecule has 6 heteroatoms. The summed E-state index contributed by atoms with van der Waals surface area (Å²) in [6, 6.07) is 12.4. The van der Waals surface area contributed by atoms with Gasteiger partial charge in [0.05, 0.1) is 6.61 Å². The molecular formula is C23H28N4O2. The van der Waals surface area contributed by atoms with Crippen LogP contribution in [0.1, 0.15) is 45.9 Å². The topological polar surface area (TPSA) is 84.2 Å². The number of carbonyl (C=O) groups is 1. The Morgan fingerprint density at radius 3 is 2.86 bits per heavy atom. The molecule has 0 bridgehead atoms. The van der Waals surface area contributed by atoms with Crippen LogP contribution in [0.5, 0.6) is 0 Å². The fourth-order valence-electron chi connectivity index (χ4n) is 4.19. The molecule has 0 saturated carbocycles. The van der Waals surface area contributed by atoms with E-state index in [2.05, 4.69) is 34.2 Å². The number of benzene rings is 1. The summed E-state index contributed by atoms with van der Waals surface area (Å²) in [4.78, 5) is 22.6. The van der Waals surface area contributed by atoms with Gasteiger partial charge in [0.25, 0.3) is 5.91 Å². The number of nitrogens with zero attached hydrogens (tertiary/aromatic N) is 2. The summed E-state index contributed by atoms with van der Waals surface area (Å²) in [6.45, 7) is 2.73. The van der Waals surface area contributed by atoms with E-state index in [1.165, 1.54) is 5.56 Å². The van der Waals surface area contributed by atoms with E-state index in [4.69, 9.17) is 10.5 Å². The van der Waals surface area contributed by atoms with E-state index in [0.29, 0.717) is 24.8 Å². The Labute approximate surface area is 171 Å². The number of hydrogen-bond acceptors (Lipinski definition) is 4. The van der Waals surface area contributed by atoms with Crippen molar-refractivity contribution >= 4 is 16.9 Å². The molecule has 1 amide bonds. The Kier molecular flexibility index (Phi) is 5.92. The number of likely N-dealkylation sites (tertiary alicyclic amines) is 1. The van der Waals surface area contributed by atoms with Crippen LogP contribution in [0, 0.1) is 0 Å². The second kappa shape index (κ2) is 8.76. The highest BCUT2D eigenvalue weighted by Crippen LogP contribution is 2.29. The summed E-state index contributed by atoms with van der Waals surface area (Å²) in [5.41, 5.74) is 10.8. The molecule has 3 N–H and O–H groups in total. The number of fused-ring (bicyclic) bond motifs is 1. The lowest BCUT2D eigenvalue weighted by atomic mass is 9.88. The van der Waals surface area contributed by atoms with Gasteiger partial charge >= 0.3 is 0 Å². The maximum atomic E-state index is 13.1. The van der Waals surface area contributed by atoms with E-state index < -0.39 is 0 Å². The quantitative estimate of drug-likeness (QED) is 0.675. The zero-order valence-electron chi connectivity index (χ0n) is 16.9. The lowest BCUT2D eigenvalue weighted by Crippen LogP contribution is -2.38. The molecule has 1 saturated heterocycles. The number of nitrogens with one attached hydrogen (secondary N) is 1. The van der Waals surface area contributed by atoms with E-state index in [0.717, 1.165) is 54.5 Å². The lowest BCUT2D eigenvalue weighted by Gasteiger charge is -2.32. The number of H-pyrrole nitrogens is 1. The van der Waals surface area contributed by atoms with E-state index >= 15 is 0 Å². The summed E-state index contributed by atoms with van der Waals surface area (Å²) < 4.78 is 5.19. The van der Waals surface area contributed by atoms with Gasteiger partial charge in [-0.3, -0.25) is 4.79 Å². The zero-order chi connectivity index (χ0) is 20.2. The first-order valence-corrected chi connectivity index (χ1v) is 10.2. The van der Waals surface area contributed by atoms with Crippen LogP contribution in [0.25, 0.3) is 11.0 Å². The Morgan fingerprint density at radius 1 is 1.28 bits per heavy atom. The number of aromatic amines is 1. The average molecular weight is 393 g/mol. The van der Waals surface area contributed by atoms with Crippen molar-refractivity contribution in [3.63, 3.8) is 0 Å². The van der Waals surface area contributed by atoms with E-state index in [1.807, 2.05) is 17.0 Å². The number of rotatable bonds is 6. The first-order chi connectivity index (χ1) is 14.2. The Bertz CT molecular complexity index is 989. The van der Waals surface area contributed by atoms with Gasteiger partial charge in [-0.05, 0) is 54.0 Å². The molecule has 152 valence electrons. The smallest absolute Gasteiger partial charge is 0.270 e. The maximum Gasteiger partial charge on any atom is 0.270 e. The monoisotopic (exact) mass is 392 g/mol. The summed E-state index contributed by atoms with van der Waals surface area (Å²) in [7, 11) is 1.69. The van der Waals surface area contributed by atoms with Gasteiger partial charge in [-0.15, -0.1) is 0 Å². The van der Waals surface area contributed by atoms with Crippen molar-refractivity contribution in [2.45, 2.75) is 31.7 Å². The summed E-state index contributed by atoms with van der Waals surface area (Å²) in [6.07, 6.45) is 4.52. The maximum absolute atomic E-state index is 13.1. The van der Waals surface area contributed by atoms with Crippen LogP contribution in [0.4, 0.5) is 0 Å². The van der Waals surface area contributed by atoms with Gasteiger partial charge in [-0.25, -0.2) is 4.98 Å². The van der Waals surface area contributed by atoms with Crippen molar-refractivity contribution in [1.29, 1.82) is 0 Å². The van der Waals surface area contributed by atoms with Gasteiger partial charge in [0, 0.05) is 38.3 Å². The number of nitrogens with two attached hydrogens (primary N) is 1. The average Bonchev–Trinajstić information content (AvgIpc) is 3.22. The molecule has 3 aromatic rings. The fourth-order valence-corrected chi connectivity index (χ4v) is 4.19. The summed E-state index contributed by atoms with van der Waals surface area (Å²) in [5, 5.41) is 1.00. The normalized spacial score (nSPS) is 15.2. The first kappa shape index (κ1) is 19.6. The van der Waals surface area contributed by atoms with E-state index in [-0.39, 0.29) is 5.91 Å². The molecule has 0 aliphatic carbocycles. The Hall–Kier alpha value is -2.70. The van der Waals surface area contributed by atoms with Gasteiger partial charge in [0.1, 0.15) is 11.3 Å². The molecule has 1 aromatic carbocycles. The zero-order valence-corrected chi connectivity index (χ0v) is 16.9. The highest BCUT2D eigenvalue weighted by Gasteiger charge is 2.26. The molecule has 0 spiro atoms. The van der Waals surface area contributed by atoms with Crippen molar-refractivity contribution in [1.82, 2.24) is 14.9 Å². The minimum atomic E-state index is 0.0508. The minimum absolute atomic E-state index is 0.0508. The van der Waals surface area contributed by atoms with Gasteiger partial charge in [0.15, 0.2) is 0 Å². The van der Waals surface area contributed by atoms with Gasteiger partial charge in [-0.2, -0.15) is 0 Å². The predicted octanol–water partition coefficient (Wildman–Crippen LogP) is 3.23. The fraction of sp³-hybridized carbons (Fsp3) is 0.391. The number of aromatic nitrogens is 2. The van der Waals surface area contributed by atoms with Gasteiger partial charge in [0.2, 0.25) is 0 Å². The molecule has 1 aliphatic heterocycles. The van der Waals surface area contributed by atoms with E-state index in [1.54, 1.807) is 13.3 Å². The first-order valence-electron chi connectivity index (χ1n) is 10.2. The third-order valence-electron chi connectivity index (χ3n) is 5.87. The third-order valence-corrected chi connectivity index (χ3v) is 5.87. The Balaban J connectivity index is 1.45. The second-order valence-corrected chi connectivity index (χ2v) is 7.67. The molecule has 3 heterocycles. The minimum Gasteiger partial charge on any atom is -0.384 e. The van der Waals surface area contributed by atoms with Crippen LogP contribution < -0.4 is 5.73 Å². The van der Waals surface area contributed by atoms with Crippen molar-refractivity contribution in [3.05, 3.63) is 65.0 Å². The summed E-state index contributed by atoms with van der Waals surface area (Å²) in [5.74, 6) is 0.533. The van der Waals surface area contributed by atoms with Crippen LogP contribution in [0.15, 0.2) is 42.6 Å². The number of carbonyl (C=O) groups excluding carboxylic acids is 1. The van der Waals surface area contributed by atoms with Gasteiger partial charge in [-0.1, -0.05) is 24.3 Å². The van der Waals surface area contributed by atoms with Crippen LogP contribution >= 0.6 is 0 Å². The molecule has 0 unspecified atom stereocenters. The Morgan fingerprint density at radius 2 is 2.10 bits per heavy atom. The molecule has 4 rings (SSSR count). The molecule has 0 radical (unpaired) electrons. The largest absolute Gasteiger partial charge is 0.384 e. The lowest BCUT2D eigenvalue weighted by molar-refractivity contribution is 0.0708. The molecule has 2 aromatic heterocycles. The standard InChI is InChI=1S/C23H28N4O2/c1-29-12-8-18-5-9-25-22-20(18)14-21(26-22)23(28)27-10-6-17(7-11-27)19-4-2-3-16(13-19)15-24/h2-5,9,13-14,17H,6-8,10-12,15,24H2,1H3,(H,25,26). The van der Waals surface area contributed by atoms with Gasteiger partial charge < -0.3 is 20.4 Å². The van der Waals surface area contributed by atoms with Crippen molar-refractivity contribution in [3.8, 4) is 0 Å².